The maximum atomic E-state index is 13.8. The van der Waals surface area contributed by atoms with Crippen LogP contribution in [0.2, 0.25) is 5.02 Å². The summed E-state index contributed by atoms with van der Waals surface area (Å²) >= 11 is 6.04. The van der Waals surface area contributed by atoms with E-state index in [0.717, 1.165) is 5.56 Å². The summed E-state index contributed by atoms with van der Waals surface area (Å²) in [5.74, 6) is -0.602. The average Bonchev–Trinajstić information content (AvgIpc) is 3.03. The van der Waals surface area contributed by atoms with Crippen molar-refractivity contribution in [3.8, 4) is 11.3 Å². The molecular weight excluding hydrogens is 331 g/mol. The Bertz CT molecular complexity index is 921. The van der Waals surface area contributed by atoms with Crippen LogP contribution in [0.4, 0.5) is 15.8 Å². The quantitative estimate of drug-likeness (QED) is 0.665. The van der Waals surface area contributed by atoms with Crippen LogP contribution in [0.15, 0.2) is 52.9 Å². The summed E-state index contributed by atoms with van der Waals surface area (Å²) in [6, 6.07) is 12.4. The molecule has 0 aliphatic carbocycles. The van der Waals surface area contributed by atoms with Gasteiger partial charge in [-0.2, -0.15) is 0 Å². The third-order valence-electron chi connectivity index (χ3n) is 3.55. The molecule has 0 bridgehead atoms. The molecule has 122 valence electrons. The summed E-state index contributed by atoms with van der Waals surface area (Å²) in [4.78, 5) is 12.3. The molecule has 1 heterocycles. The maximum Gasteiger partial charge on any atom is 0.291 e. The number of rotatable bonds is 3. The Hall–Kier alpha value is -2.79. The van der Waals surface area contributed by atoms with Crippen LogP contribution >= 0.6 is 11.6 Å². The maximum absolute atomic E-state index is 13.8. The van der Waals surface area contributed by atoms with Gasteiger partial charge in [0.25, 0.3) is 5.91 Å². The molecule has 0 fully saturated rings. The van der Waals surface area contributed by atoms with E-state index in [1.165, 1.54) is 12.1 Å². The van der Waals surface area contributed by atoms with E-state index in [2.05, 4.69) is 5.32 Å². The zero-order valence-corrected chi connectivity index (χ0v) is 13.5. The molecule has 0 unspecified atom stereocenters. The van der Waals surface area contributed by atoms with Crippen molar-refractivity contribution in [3.63, 3.8) is 0 Å². The lowest BCUT2D eigenvalue weighted by Crippen LogP contribution is -2.12. The van der Waals surface area contributed by atoms with E-state index in [0.29, 0.717) is 16.4 Å². The normalized spacial score (nSPS) is 10.6. The van der Waals surface area contributed by atoms with Crippen molar-refractivity contribution in [1.82, 2.24) is 0 Å². The topological polar surface area (TPSA) is 68.3 Å². The van der Waals surface area contributed by atoms with Gasteiger partial charge in [0.1, 0.15) is 11.6 Å². The summed E-state index contributed by atoms with van der Waals surface area (Å²) in [5, 5.41) is 3.13. The first-order chi connectivity index (χ1) is 11.5. The lowest BCUT2D eigenvalue weighted by Gasteiger charge is -2.09. The summed E-state index contributed by atoms with van der Waals surface area (Å²) in [7, 11) is 0. The summed E-state index contributed by atoms with van der Waals surface area (Å²) in [5.41, 5.74) is 7.76. The van der Waals surface area contributed by atoms with Gasteiger partial charge in [0, 0.05) is 5.02 Å². The molecule has 0 atom stereocenters. The number of carbonyl (C=O) groups is 1. The molecule has 0 saturated carbocycles. The van der Waals surface area contributed by atoms with Gasteiger partial charge in [-0.05, 0) is 48.9 Å². The Balaban J connectivity index is 1.85. The van der Waals surface area contributed by atoms with Crippen molar-refractivity contribution in [2.24, 2.45) is 0 Å². The highest BCUT2D eigenvalue weighted by Crippen LogP contribution is 2.28. The molecular formula is C18H14ClFN2O2. The van der Waals surface area contributed by atoms with Gasteiger partial charge in [-0.1, -0.05) is 23.7 Å². The van der Waals surface area contributed by atoms with Gasteiger partial charge in [-0.3, -0.25) is 4.79 Å². The molecule has 2 aromatic carbocycles. The van der Waals surface area contributed by atoms with Crippen molar-refractivity contribution in [2.75, 3.05) is 11.1 Å². The van der Waals surface area contributed by atoms with E-state index in [4.69, 9.17) is 21.8 Å². The molecule has 24 heavy (non-hydrogen) atoms. The van der Waals surface area contributed by atoms with E-state index in [1.54, 1.807) is 36.4 Å². The van der Waals surface area contributed by atoms with Crippen LogP contribution in [0, 0.1) is 12.7 Å². The fourth-order valence-corrected chi connectivity index (χ4v) is 2.43. The molecule has 1 aromatic heterocycles. The van der Waals surface area contributed by atoms with Gasteiger partial charge in [0.05, 0.1) is 16.9 Å². The molecule has 6 heteroatoms. The number of nitrogens with two attached hydrogens (primary N) is 1. The first-order valence-electron chi connectivity index (χ1n) is 7.17. The second-order valence-corrected chi connectivity index (χ2v) is 5.69. The Kier molecular flexibility index (Phi) is 4.27. The summed E-state index contributed by atoms with van der Waals surface area (Å²) < 4.78 is 19.2. The van der Waals surface area contributed by atoms with Crippen molar-refractivity contribution in [3.05, 3.63) is 70.7 Å². The van der Waals surface area contributed by atoms with Crippen molar-refractivity contribution < 1.29 is 13.6 Å². The Morgan fingerprint density at radius 3 is 2.71 bits per heavy atom. The van der Waals surface area contributed by atoms with Crippen LogP contribution in [0.1, 0.15) is 16.1 Å². The number of furan rings is 1. The zero-order valence-electron chi connectivity index (χ0n) is 12.8. The lowest BCUT2D eigenvalue weighted by atomic mass is 10.1. The number of aryl methyl sites for hydroxylation is 1. The van der Waals surface area contributed by atoms with Crippen molar-refractivity contribution in [2.45, 2.75) is 6.92 Å². The number of anilines is 2. The van der Waals surface area contributed by atoms with Crippen LogP contribution < -0.4 is 11.1 Å². The van der Waals surface area contributed by atoms with Crippen LogP contribution in [0.25, 0.3) is 11.3 Å². The van der Waals surface area contributed by atoms with Crippen LogP contribution in [-0.2, 0) is 0 Å². The molecule has 0 aliphatic rings. The number of hydrogen-bond acceptors (Lipinski definition) is 3. The smallest absolute Gasteiger partial charge is 0.291 e. The Morgan fingerprint density at radius 1 is 1.21 bits per heavy atom. The number of amides is 1. The van der Waals surface area contributed by atoms with E-state index >= 15 is 0 Å². The predicted molar refractivity (Wildman–Crippen MR) is 92.7 cm³/mol. The number of nitrogens with one attached hydrogen (secondary N) is 1. The minimum Gasteiger partial charge on any atom is -0.451 e. The highest BCUT2D eigenvalue weighted by molar-refractivity contribution is 6.32. The van der Waals surface area contributed by atoms with Gasteiger partial charge < -0.3 is 15.5 Å². The highest BCUT2D eigenvalue weighted by Gasteiger charge is 2.16. The second kappa shape index (κ2) is 6.37. The minimum atomic E-state index is -0.496. The van der Waals surface area contributed by atoms with E-state index in [9.17, 15) is 9.18 Å². The molecule has 4 nitrogen and oxygen atoms in total. The highest BCUT2D eigenvalue weighted by atomic mass is 35.5. The van der Waals surface area contributed by atoms with Gasteiger partial charge in [0.2, 0.25) is 0 Å². The molecule has 0 spiro atoms. The Labute approximate surface area is 143 Å². The molecule has 0 radical (unpaired) electrons. The van der Waals surface area contributed by atoms with Crippen molar-refractivity contribution >= 4 is 28.9 Å². The number of benzene rings is 2. The molecule has 3 rings (SSSR count). The van der Waals surface area contributed by atoms with Crippen LogP contribution in [-0.4, -0.2) is 5.91 Å². The van der Waals surface area contributed by atoms with E-state index in [1.807, 2.05) is 6.92 Å². The summed E-state index contributed by atoms with van der Waals surface area (Å²) in [6.45, 7) is 1.82. The van der Waals surface area contributed by atoms with Gasteiger partial charge in [-0.25, -0.2) is 4.39 Å². The van der Waals surface area contributed by atoms with Crippen molar-refractivity contribution in [1.29, 1.82) is 0 Å². The summed E-state index contributed by atoms with van der Waals surface area (Å²) in [6.07, 6.45) is 0. The molecule has 3 aromatic rings. The monoisotopic (exact) mass is 344 g/mol. The molecule has 1 amide bonds. The number of halogens is 2. The van der Waals surface area contributed by atoms with Gasteiger partial charge in [0.15, 0.2) is 5.76 Å². The largest absolute Gasteiger partial charge is 0.451 e. The molecule has 3 N–H and O–H groups in total. The number of hydrogen-bond donors (Lipinski definition) is 2. The lowest BCUT2D eigenvalue weighted by molar-refractivity contribution is 0.0997. The molecule has 0 saturated heterocycles. The van der Waals surface area contributed by atoms with E-state index < -0.39 is 11.7 Å². The van der Waals surface area contributed by atoms with Crippen LogP contribution in [0.3, 0.4) is 0 Å². The first kappa shape index (κ1) is 16.1. The third-order valence-corrected chi connectivity index (χ3v) is 3.96. The zero-order chi connectivity index (χ0) is 17.3. The number of nitrogen functional groups attached to an aromatic ring is 1. The minimum absolute atomic E-state index is 0.0457. The van der Waals surface area contributed by atoms with Crippen LogP contribution in [0.5, 0.6) is 0 Å². The van der Waals surface area contributed by atoms with Gasteiger partial charge in [-0.15, -0.1) is 0 Å². The fraction of sp³-hybridized carbons (Fsp3) is 0.0556. The standard InChI is InChI=1S/C18H14ClFN2O2/c1-10-8-14(21)15(9-12(10)19)22-18(23)17-7-6-16(24-17)11-4-2-3-5-13(11)20/h2-9H,21H2,1H3,(H,22,23). The first-order valence-corrected chi connectivity index (χ1v) is 7.55. The predicted octanol–water partition coefficient (Wildman–Crippen LogP) is 4.88. The fourth-order valence-electron chi connectivity index (χ4n) is 2.26. The molecule has 0 aliphatic heterocycles. The number of carbonyl (C=O) groups excluding carboxylic acids is 1. The average molecular weight is 345 g/mol. The van der Waals surface area contributed by atoms with Gasteiger partial charge >= 0.3 is 0 Å². The second-order valence-electron chi connectivity index (χ2n) is 5.29. The SMILES string of the molecule is Cc1cc(N)c(NC(=O)c2ccc(-c3ccccc3F)o2)cc1Cl. The van der Waals surface area contributed by atoms with E-state index in [-0.39, 0.29) is 17.1 Å². The third kappa shape index (κ3) is 3.12. The Morgan fingerprint density at radius 2 is 1.96 bits per heavy atom.